The number of nitrogen functional groups attached to an aromatic ring is 1. The number of aryl methyl sites for hydroxylation is 2. The van der Waals surface area contributed by atoms with E-state index < -0.39 is 6.16 Å². The molecule has 1 rings (SSSR count). The Bertz CT molecular complexity index is 346. The van der Waals surface area contributed by atoms with Gasteiger partial charge in [0.2, 0.25) is 5.88 Å². The molecule has 0 amide bonds. The lowest BCUT2D eigenvalue weighted by atomic mass is 10.4. The number of hydrogen-bond acceptors (Lipinski definition) is 5. The molecule has 0 aliphatic rings. The quantitative estimate of drug-likeness (QED) is 0.714. The minimum Gasteiger partial charge on any atom is -0.434 e. The van der Waals surface area contributed by atoms with Gasteiger partial charge in [-0.05, 0) is 13.8 Å². The highest BCUT2D eigenvalue weighted by atomic mass is 16.7. The third kappa shape index (κ3) is 1.95. The van der Waals surface area contributed by atoms with Crippen molar-refractivity contribution in [1.82, 2.24) is 9.78 Å². The lowest BCUT2D eigenvalue weighted by molar-refractivity contribution is 0.101. The number of hydrogen-bond donors (Lipinski definition) is 1. The van der Waals surface area contributed by atoms with Crippen LogP contribution in [0, 0.1) is 6.92 Å². The molecule has 0 fully saturated rings. The van der Waals surface area contributed by atoms with E-state index in [0.717, 1.165) is 0 Å². The Balaban J connectivity index is 2.81. The maximum absolute atomic E-state index is 11.0. The second kappa shape index (κ2) is 3.99. The van der Waals surface area contributed by atoms with Crippen LogP contribution >= 0.6 is 0 Å². The molecule has 0 spiro atoms. The average molecular weight is 199 g/mol. The van der Waals surface area contributed by atoms with Gasteiger partial charge in [-0.15, -0.1) is 0 Å². The third-order valence-electron chi connectivity index (χ3n) is 1.66. The van der Waals surface area contributed by atoms with Gasteiger partial charge in [-0.25, -0.2) is 9.48 Å². The number of aromatic nitrogens is 2. The monoisotopic (exact) mass is 199 g/mol. The van der Waals surface area contributed by atoms with Crippen molar-refractivity contribution < 1.29 is 14.3 Å². The number of ether oxygens (including phenoxy) is 2. The summed E-state index contributed by atoms with van der Waals surface area (Å²) in [7, 11) is 1.64. The Kier molecular flexibility index (Phi) is 2.95. The lowest BCUT2D eigenvalue weighted by Crippen LogP contribution is -2.13. The maximum Gasteiger partial charge on any atom is 0.515 e. The molecule has 0 saturated carbocycles. The topological polar surface area (TPSA) is 79.4 Å². The lowest BCUT2D eigenvalue weighted by Gasteiger charge is -2.04. The third-order valence-corrected chi connectivity index (χ3v) is 1.66. The summed E-state index contributed by atoms with van der Waals surface area (Å²) < 4.78 is 10.8. The second-order valence-electron chi connectivity index (χ2n) is 2.71. The molecular weight excluding hydrogens is 186 g/mol. The minimum absolute atomic E-state index is 0.209. The zero-order chi connectivity index (χ0) is 10.7. The molecule has 2 N–H and O–H groups in total. The first kappa shape index (κ1) is 10.4. The molecule has 0 unspecified atom stereocenters. The largest absolute Gasteiger partial charge is 0.515 e. The van der Waals surface area contributed by atoms with Crippen molar-refractivity contribution in [2.45, 2.75) is 13.8 Å². The predicted octanol–water partition coefficient (Wildman–Crippen LogP) is 0.846. The molecule has 0 aliphatic carbocycles. The molecule has 1 heterocycles. The van der Waals surface area contributed by atoms with Crippen molar-refractivity contribution in [3.05, 3.63) is 5.69 Å². The van der Waals surface area contributed by atoms with Gasteiger partial charge in [-0.2, -0.15) is 5.10 Å². The highest BCUT2D eigenvalue weighted by Crippen LogP contribution is 2.23. The van der Waals surface area contributed by atoms with Crippen LogP contribution in [0.5, 0.6) is 5.88 Å². The Morgan fingerprint density at radius 2 is 2.29 bits per heavy atom. The highest BCUT2D eigenvalue weighted by Gasteiger charge is 2.15. The number of carbonyl (C=O) groups is 1. The van der Waals surface area contributed by atoms with Gasteiger partial charge < -0.3 is 15.2 Å². The van der Waals surface area contributed by atoms with Crippen LogP contribution in [0.25, 0.3) is 0 Å². The van der Waals surface area contributed by atoms with Gasteiger partial charge in [0.25, 0.3) is 0 Å². The number of anilines is 1. The van der Waals surface area contributed by atoms with Crippen LogP contribution in [0.3, 0.4) is 0 Å². The molecule has 1 aromatic rings. The van der Waals surface area contributed by atoms with E-state index in [-0.39, 0.29) is 12.5 Å². The van der Waals surface area contributed by atoms with Crippen LogP contribution in [0.15, 0.2) is 0 Å². The van der Waals surface area contributed by atoms with Crippen LogP contribution in [0.4, 0.5) is 10.5 Å². The van der Waals surface area contributed by atoms with E-state index in [1.807, 2.05) is 0 Å². The van der Waals surface area contributed by atoms with Gasteiger partial charge in [0.05, 0.1) is 12.3 Å². The number of nitrogens with zero attached hydrogens (tertiary/aromatic N) is 2. The van der Waals surface area contributed by atoms with Crippen LogP contribution in [0.1, 0.15) is 12.6 Å². The molecule has 0 radical (unpaired) electrons. The van der Waals surface area contributed by atoms with Gasteiger partial charge >= 0.3 is 6.16 Å². The summed E-state index contributed by atoms with van der Waals surface area (Å²) in [5, 5.41) is 3.98. The predicted molar refractivity (Wildman–Crippen MR) is 50.0 cm³/mol. The first-order chi connectivity index (χ1) is 6.56. The first-order valence-corrected chi connectivity index (χ1v) is 4.20. The van der Waals surface area contributed by atoms with E-state index >= 15 is 0 Å². The molecule has 0 aromatic carbocycles. The standard InChI is InChI=1S/C8H13N3O3/c1-4-13-8(12)14-7-6(9)5(2)10-11(7)3/h4,9H2,1-3H3. The number of rotatable bonds is 2. The molecular formula is C8H13N3O3. The molecule has 6 heteroatoms. The number of nitrogens with two attached hydrogens (primary N) is 1. The summed E-state index contributed by atoms with van der Waals surface area (Å²) in [6.45, 7) is 3.68. The van der Waals surface area contributed by atoms with E-state index in [1.54, 1.807) is 20.9 Å². The SMILES string of the molecule is CCOC(=O)Oc1c(N)c(C)nn1C. The van der Waals surface area contributed by atoms with Crippen molar-refractivity contribution in [1.29, 1.82) is 0 Å². The summed E-state index contributed by atoms with van der Waals surface area (Å²) in [4.78, 5) is 11.0. The highest BCUT2D eigenvalue weighted by molar-refractivity contribution is 5.67. The molecule has 0 atom stereocenters. The van der Waals surface area contributed by atoms with Crippen molar-refractivity contribution in [3.63, 3.8) is 0 Å². The molecule has 6 nitrogen and oxygen atoms in total. The van der Waals surface area contributed by atoms with Gasteiger partial charge in [-0.3, -0.25) is 0 Å². The van der Waals surface area contributed by atoms with Crippen molar-refractivity contribution >= 4 is 11.8 Å². The second-order valence-corrected chi connectivity index (χ2v) is 2.71. The van der Waals surface area contributed by atoms with Gasteiger partial charge in [0.1, 0.15) is 5.69 Å². The fourth-order valence-corrected chi connectivity index (χ4v) is 1.00. The average Bonchev–Trinajstić information content (AvgIpc) is 2.33. The van der Waals surface area contributed by atoms with E-state index in [0.29, 0.717) is 11.4 Å². The maximum atomic E-state index is 11.0. The van der Waals surface area contributed by atoms with Gasteiger partial charge in [0, 0.05) is 7.05 Å². The van der Waals surface area contributed by atoms with Crippen LogP contribution in [-0.2, 0) is 11.8 Å². The first-order valence-electron chi connectivity index (χ1n) is 4.20. The minimum atomic E-state index is -0.776. The fourth-order valence-electron chi connectivity index (χ4n) is 1.00. The van der Waals surface area contributed by atoms with E-state index in [9.17, 15) is 4.79 Å². The van der Waals surface area contributed by atoms with E-state index in [2.05, 4.69) is 9.84 Å². The van der Waals surface area contributed by atoms with Crippen molar-refractivity contribution in [2.24, 2.45) is 7.05 Å². The summed E-state index contributed by atoms with van der Waals surface area (Å²) >= 11 is 0. The molecule has 0 saturated heterocycles. The van der Waals surface area contributed by atoms with Crippen molar-refractivity contribution in [3.8, 4) is 5.88 Å². The molecule has 78 valence electrons. The summed E-state index contributed by atoms with van der Waals surface area (Å²) in [5.41, 5.74) is 6.60. The Morgan fingerprint density at radius 3 is 2.71 bits per heavy atom. The van der Waals surface area contributed by atoms with Crippen molar-refractivity contribution in [2.75, 3.05) is 12.3 Å². The van der Waals surface area contributed by atoms with Crippen LogP contribution < -0.4 is 10.5 Å². The van der Waals surface area contributed by atoms with E-state index in [4.69, 9.17) is 10.5 Å². The number of carbonyl (C=O) groups excluding carboxylic acids is 1. The Hall–Kier alpha value is -1.72. The molecule has 0 bridgehead atoms. The Morgan fingerprint density at radius 1 is 1.64 bits per heavy atom. The summed E-state index contributed by atoms with van der Waals surface area (Å²) in [6.07, 6.45) is -0.776. The van der Waals surface area contributed by atoms with Crippen LogP contribution in [-0.4, -0.2) is 22.5 Å². The normalized spacial score (nSPS) is 9.93. The summed E-state index contributed by atoms with van der Waals surface area (Å²) in [5.74, 6) is 0.209. The fraction of sp³-hybridized carbons (Fsp3) is 0.500. The Labute approximate surface area is 81.6 Å². The molecule has 1 aromatic heterocycles. The smallest absolute Gasteiger partial charge is 0.434 e. The summed E-state index contributed by atoms with van der Waals surface area (Å²) in [6, 6.07) is 0. The van der Waals surface area contributed by atoms with Gasteiger partial charge in [-0.1, -0.05) is 0 Å². The zero-order valence-corrected chi connectivity index (χ0v) is 8.40. The zero-order valence-electron chi connectivity index (χ0n) is 8.40. The molecule has 14 heavy (non-hydrogen) atoms. The van der Waals surface area contributed by atoms with Crippen LogP contribution in [0.2, 0.25) is 0 Å². The van der Waals surface area contributed by atoms with E-state index in [1.165, 1.54) is 4.68 Å². The van der Waals surface area contributed by atoms with Gasteiger partial charge in [0.15, 0.2) is 0 Å². The molecule has 0 aliphatic heterocycles.